The highest BCUT2D eigenvalue weighted by molar-refractivity contribution is 5.88. The van der Waals surface area contributed by atoms with E-state index in [2.05, 4.69) is 9.72 Å². The van der Waals surface area contributed by atoms with Crippen molar-refractivity contribution in [1.82, 2.24) is 4.98 Å². The smallest absolute Gasteiger partial charge is 0.409 e. The molecule has 0 spiro atoms. The number of carbonyl (C=O) groups is 1. The van der Waals surface area contributed by atoms with Crippen molar-refractivity contribution in [1.29, 1.82) is 0 Å². The molecule has 100 valence electrons. The van der Waals surface area contributed by atoms with Crippen LogP contribution in [0.15, 0.2) is 4.79 Å². The summed E-state index contributed by atoms with van der Waals surface area (Å²) in [6.07, 6.45) is 0.204. The van der Waals surface area contributed by atoms with Gasteiger partial charge >= 0.3 is 17.4 Å². The van der Waals surface area contributed by atoms with Gasteiger partial charge in [0.15, 0.2) is 0 Å². The van der Waals surface area contributed by atoms with Gasteiger partial charge in [-0.05, 0) is 12.8 Å². The predicted molar refractivity (Wildman–Crippen MR) is 62.2 cm³/mol. The van der Waals surface area contributed by atoms with E-state index in [0.717, 1.165) is 0 Å². The van der Waals surface area contributed by atoms with Gasteiger partial charge in [-0.2, -0.15) is 0 Å². The van der Waals surface area contributed by atoms with Crippen LogP contribution in [0.25, 0.3) is 0 Å². The van der Waals surface area contributed by atoms with Crippen LogP contribution in [-0.2, 0) is 11.2 Å². The summed E-state index contributed by atoms with van der Waals surface area (Å²) >= 11 is 0. The Hall–Kier alpha value is -2.05. The summed E-state index contributed by atoms with van der Waals surface area (Å²) in [6, 6.07) is 0. The van der Waals surface area contributed by atoms with E-state index in [1.165, 1.54) is 0 Å². The number of carbonyl (C=O) groups excluding carboxylic acids is 1. The monoisotopic (exact) mass is 256 g/mol. The fourth-order valence-electron chi connectivity index (χ4n) is 1.47. The summed E-state index contributed by atoms with van der Waals surface area (Å²) in [4.78, 5) is 25.2. The van der Waals surface area contributed by atoms with Gasteiger partial charge in [0.25, 0.3) is 5.69 Å². The highest BCUT2D eigenvalue weighted by Gasteiger charge is 2.26. The molecule has 18 heavy (non-hydrogen) atoms. The first-order chi connectivity index (χ1) is 8.38. The van der Waals surface area contributed by atoms with E-state index in [9.17, 15) is 19.9 Å². The summed E-state index contributed by atoms with van der Waals surface area (Å²) in [7, 11) is 0. The molecule has 0 amide bonds. The summed E-state index contributed by atoms with van der Waals surface area (Å²) in [5.41, 5.74) is -1.35. The Bertz CT molecular complexity index is 507. The second kappa shape index (κ2) is 5.52. The van der Waals surface area contributed by atoms with Crippen molar-refractivity contribution >= 4 is 5.97 Å². The molecule has 0 bridgehead atoms. The third-order valence-electron chi connectivity index (χ3n) is 2.24. The number of esters is 1. The van der Waals surface area contributed by atoms with Crippen LogP contribution in [0.4, 0.5) is 0 Å². The summed E-state index contributed by atoms with van der Waals surface area (Å²) in [5.74, 6) is -1.71. The maximum absolute atomic E-state index is 11.7. The lowest BCUT2D eigenvalue weighted by Gasteiger charge is -2.09. The number of nitrogens with one attached hydrogen (secondary N) is 1. The van der Waals surface area contributed by atoms with Gasteiger partial charge in [0.2, 0.25) is 5.69 Å². The van der Waals surface area contributed by atoms with Gasteiger partial charge in [0.1, 0.15) is 0 Å². The molecular weight excluding hydrogens is 240 g/mol. The SMILES string of the molecule is CCOC(=O)c1[nH]c(=O)c(CC(C)C)[n+]([O-])c1O. The zero-order valence-electron chi connectivity index (χ0n) is 10.5. The lowest BCUT2D eigenvalue weighted by molar-refractivity contribution is -0.623. The van der Waals surface area contributed by atoms with E-state index in [0.29, 0.717) is 0 Å². The zero-order valence-corrected chi connectivity index (χ0v) is 10.5. The minimum Gasteiger partial charge on any atom is -0.616 e. The van der Waals surface area contributed by atoms with Gasteiger partial charge in [0.05, 0.1) is 6.61 Å². The van der Waals surface area contributed by atoms with Gasteiger partial charge in [-0.1, -0.05) is 13.8 Å². The number of aromatic hydroxyl groups is 1. The van der Waals surface area contributed by atoms with Crippen molar-refractivity contribution in [2.75, 3.05) is 6.61 Å². The Morgan fingerprint density at radius 2 is 2.17 bits per heavy atom. The van der Waals surface area contributed by atoms with Crippen molar-refractivity contribution in [3.63, 3.8) is 0 Å². The fraction of sp³-hybridized carbons (Fsp3) is 0.545. The first-order valence-electron chi connectivity index (χ1n) is 5.63. The molecule has 0 radical (unpaired) electrons. The molecule has 0 saturated carbocycles. The second-order valence-corrected chi connectivity index (χ2v) is 4.21. The minimum atomic E-state index is -0.937. The lowest BCUT2D eigenvalue weighted by Crippen LogP contribution is -2.42. The molecule has 0 aliphatic rings. The number of H-pyrrole nitrogens is 1. The van der Waals surface area contributed by atoms with E-state index in [-0.39, 0.29) is 29.4 Å². The van der Waals surface area contributed by atoms with E-state index >= 15 is 0 Å². The van der Waals surface area contributed by atoms with Gasteiger partial charge < -0.3 is 20.0 Å². The molecular formula is C11H16N2O5. The van der Waals surface area contributed by atoms with Crippen molar-refractivity contribution in [3.05, 3.63) is 26.9 Å². The maximum Gasteiger partial charge on any atom is 0.409 e. The average molecular weight is 256 g/mol. The molecule has 0 aliphatic heterocycles. The molecule has 0 saturated heterocycles. The van der Waals surface area contributed by atoms with Gasteiger partial charge in [-0.3, -0.25) is 4.79 Å². The van der Waals surface area contributed by atoms with Crippen LogP contribution in [0.1, 0.15) is 37.0 Å². The van der Waals surface area contributed by atoms with Crippen LogP contribution < -0.4 is 10.3 Å². The molecule has 0 aromatic carbocycles. The molecule has 0 atom stereocenters. The topological polar surface area (TPSA) is 106 Å². The summed E-state index contributed by atoms with van der Waals surface area (Å²) in [5, 5.41) is 21.3. The molecule has 7 heteroatoms. The molecule has 1 rings (SSSR count). The Kier molecular flexibility index (Phi) is 4.30. The molecule has 1 heterocycles. The van der Waals surface area contributed by atoms with Gasteiger partial charge in [-0.25, -0.2) is 4.79 Å². The van der Waals surface area contributed by atoms with Crippen molar-refractivity contribution < 1.29 is 19.4 Å². The van der Waals surface area contributed by atoms with Crippen LogP contribution in [0.2, 0.25) is 0 Å². The summed E-state index contributed by atoms with van der Waals surface area (Å²) in [6.45, 7) is 5.31. The molecule has 0 unspecified atom stereocenters. The van der Waals surface area contributed by atoms with Crippen LogP contribution >= 0.6 is 0 Å². The lowest BCUT2D eigenvalue weighted by atomic mass is 10.1. The molecule has 7 nitrogen and oxygen atoms in total. The number of aromatic amines is 1. The number of hydrogen-bond donors (Lipinski definition) is 2. The minimum absolute atomic E-state index is 0.0687. The number of rotatable bonds is 4. The van der Waals surface area contributed by atoms with Crippen molar-refractivity contribution in [3.8, 4) is 5.88 Å². The predicted octanol–water partition coefficient (Wildman–Crippen LogP) is 0.0891. The average Bonchev–Trinajstić information content (AvgIpc) is 2.29. The summed E-state index contributed by atoms with van der Waals surface area (Å²) < 4.78 is 4.69. The van der Waals surface area contributed by atoms with Crippen molar-refractivity contribution in [2.45, 2.75) is 27.2 Å². The third-order valence-corrected chi connectivity index (χ3v) is 2.24. The fourth-order valence-corrected chi connectivity index (χ4v) is 1.47. The number of aromatic nitrogens is 2. The Morgan fingerprint density at radius 1 is 1.56 bits per heavy atom. The Labute approximate surface area is 104 Å². The van der Waals surface area contributed by atoms with Gasteiger partial charge in [0, 0.05) is 6.42 Å². The maximum atomic E-state index is 11.7. The van der Waals surface area contributed by atoms with E-state index in [1.54, 1.807) is 6.92 Å². The largest absolute Gasteiger partial charge is 0.616 e. The molecule has 0 fully saturated rings. The Morgan fingerprint density at radius 3 is 2.67 bits per heavy atom. The molecule has 1 aromatic heterocycles. The molecule has 2 N–H and O–H groups in total. The second-order valence-electron chi connectivity index (χ2n) is 4.21. The van der Waals surface area contributed by atoms with Crippen molar-refractivity contribution in [2.24, 2.45) is 5.92 Å². The van der Waals surface area contributed by atoms with Crippen LogP contribution in [-0.4, -0.2) is 22.7 Å². The number of ether oxygens (including phenoxy) is 1. The highest BCUT2D eigenvalue weighted by Crippen LogP contribution is 2.10. The van der Waals surface area contributed by atoms with E-state index < -0.39 is 23.1 Å². The standard InChI is InChI=1S/C11H16N2O5/c1-4-18-11(16)8-10(15)13(17)7(5-6(2)3)9(14)12-8/h6,15H,4-5H2,1-3H3,(H,12,14). The number of nitrogens with zero attached hydrogens (tertiary/aromatic N) is 1. The zero-order chi connectivity index (χ0) is 13.9. The van der Waals surface area contributed by atoms with Gasteiger partial charge in [-0.15, -0.1) is 4.73 Å². The van der Waals surface area contributed by atoms with Crippen LogP contribution in [0.3, 0.4) is 0 Å². The van der Waals surface area contributed by atoms with Crippen LogP contribution in [0.5, 0.6) is 5.88 Å². The third kappa shape index (κ3) is 2.79. The first-order valence-corrected chi connectivity index (χ1v) is 5.63. The quantitative estimate of drug-likeness (QED) is 0.451. The highest BCUT2D eigenvalue weighted by atomic mass is 16.5. The van der Waals surface area contributed by atoms with E-state index in [4.69, 9.17) is 0 Å². The van der Waals surface area contributed by atoms with E-state index in [1.807, 2.05) is 13.8 Å². The molecule has 1 aromatic rings. The van der Waals surface area contributed by atoms with Crippen LogP contribution in [0, 0.1) is 11.1 Å². The first kappa shape index (κ1) is 14.0. The number of hydrogen-bond acceptors (Lipinski definition) is 5. The normalized spacial score (nSPS) is 10.7. The Balaban J connectivity index is 3.28. The molecule has 0 aliphatic carbocycles.